The summed E-state index contributed by atoms with van der Waals surface area (Å²) in [5, 5.41) is 9.37. The van der Waals surface area contributed by atoms with Gasteiger partial charge in [0.25, 0.3) is 5.91 Å². The number of pyridine rings is 1. The van der Waals surface area contributed by atoms with Crippen molar-refractivity contribution in [1.29, 1.82) is 0 Å². The molecular weight excluding hydrogens is 444 g/mol. The summed E-state index contributed by atoms with van der Waals surface area (Å²) in [6, 6.07) is 13.1. The molecule has 0 aliphatic heterocycles. The number of hydrogen-bond donors (Lipinski definition) is 3. The molecule has 0 spiro atoms. The molecule has 0 radical (unpaired) electrons. The molecule has 5 aromatic rings. The number of benzene rings is 2. The van der Waals surface area contributed by atoms with Crippen LogP contribution in [0.1, 0.15) is 15.9 Å². The molecule has 9 heteroatoms. The minimum absolute atomic E-state index is 0.212. The molecule has 3 heterocycles. The molecule has 2 aromatic carbocycles. The van der Waals surface area contributed by atoms with Crippen molar-refractivity contribution in [3.8, 4) is 11.4 Å². The Morgan fingerprint density at radius 2 is 2.06 bits per heavy atom. The molecule has 5 rings (SSSR count). The lowest BCUT2D eigenvalue weighted by Crippen LogP contribution is -2.13. The molecule has 32 heavy (non-hydrogen) atoms. The van der Waals surface area contributed by atoms with Crippen LogP contribution in [0.3, 0.4) is 0 Å². The van der Waals surface area contributed by atoms with Crippen molar-refractivity contribution in [3.05, 3.63) is 83.4 Å². The monoisotopic (exact) mass is 460 g/mol. The third-order valence-electron chi connectivity index (χ3n) is 5.01. The Balaban J connectivity index is 1.35. The first-order valence-electron chi connectivity index (χ1n) is 9.76. The molecule has 0 atom stereocenters. The minimum atomic E-state index is -0.212. The van der Waals surface area contributed by atoms with Crippen LogP contribution >= 0.6 is 23.1 Å². The van der Waals surface area contributed by atoms with Crippen molar-refractivity contribution >= 4 is 56.3 Å². The van der Waals surface area contributed by atoms with Gasteiger partial charge in [0, 0.05) is 58.3 Å². The molecule has 0 unspecified atom stereocenters. The number of H-pyrrole nitrogens is 1. The highest BCUT2D eigenvalue weighted by molar-refractivity contribution is 7.10. The van der Waals surface area contributed by atoms with Crippen LogP contribution in [0.25, 0.3) is 22.2 Å². The lowest BCUT2D eigenvalue weighted by Gasteiger charge is -2.08. The number of nitrogens with one attached hydrogen (secondary N) is 3. The summed E-state index contributed by atoms with van der Waals surface area (Å²) < 4.78 is 4.45. The first-order valence-corrected chi connectivity index (χ1v) is 10.9. The van der Waals surface area contributed by atoms with Crippen LogP contribution in [0.15, 0.2) is 67.3 Å². The number of aryl methyl sites for hydroxylation is 1. The highest BCUT2D eigenvalue weighted by Gasteiger charge is 2.13. The van der Waals surface area contributed by atoms with Crippen LogP contribution in [0.2, 0.25) is 5.02 Å². The SMILES string of the molecule is Cc1ccncc1C(=O)Nc1cccc(-c2nsc(Nc3ccc4c[nH]cc4c3Cl)n2)c1. The van der Waals surface area contributed by atoms with E-state index in [9.17, 15) is 4.79 Å². The molecule has 0 saturated heterocycles. The van der Waals surface area contributed by atoms with Gasteiger partial charge in [-0.05, 0) is 36.8 Å². The van der Waals surface area contributed by atoms with Crippen LogP contribution in [-0.2, 0) is 0 Å². The van der Waals surface area contributed by atoms with Crippen molar-refractivity contribution < 1.29 is 4.79 Å². The molecule has 158 valence electrons. The molecule has 0 fully saturated rings. The quantitative estimate of drug-likeness (QED) is 0.297. The van der Waals surface area contributed by atoms with Gasteiger partial charge in [-0.3, -0.25) is 9.78 Å². The predicted octanol–water partition coefficient (Wildman–Crippen LogP) is 6.04. The van der Waals surface area contributed by atoms with E-state index in [0.29, 0.717) is 27.2 Å². The summed E-state index contributed by atoms with van der Waals surface area (Å²) in [5.74, 6) is 0.348. The van der Waals surface area contributed by atoms with Gasteiger partial charge < -0.3 is 15.6 Å². The Kier molecular flexibility index (Phi) is 5.30. The van der Waals surface area contributed by atoms with Crippen molar-refractivity contribution in [2.75, 3.05) is 10.6 Å². The van der Waals surface area contributed by atoms with Gasteiger partial charge in [-0.1, -0.05) is 29.8 Å². The zero-order chi connectivity index (χ0) is 22.1. The van der Waals surface area contributed by atoms with Gasteiger partial charge in [0.2, 0.25) is 5.13 Å². The van der Waals surface area contributed by atoms with Gasteiger partial charge in [0.15, 0.2) is 5.82 Å². The summed E-state index contributed by atoms with van der Waals surface area (Å²) in [6.45, 7) is 1.88. The number of aromatic amines is 1. The minimum Gasteiger partial charge on any atom is -0.366 e. The van der Waals surface area contributed by atoms with Crippen LogP contribution in [0, 0.1) is 6.92 Å². The van der Waals surface area contributed by atoms with Crippen molar-refractivity contribution in [1.82, 2.24) is 19.3 Å². The number of rotatable bonds is 5. The number of anilines is 3. The number of fused-ring (bicyclic) bond motifs is 1. The Morgan fingerprint density at radius 3 is 2.94 bits per heavy atom. The molecule has 0 bridgehead atoms. The van der Waals surface area contributed by atoms with E-state index in [-0.39, 0.29) is 5.91 Å². The van der Waals surface area contributed by atoms with Crippen LogP contribution < -0.4 is 10.6 Å². The molecule has 0 saturated carbocycles. The third kappa shape index (κ3) is 3.93. The second-order valence-electron chi connectivity index (χ2n) is 7.16. The largest absolute Gasteiger partial charge is 0.366 e. The van der Waals surface area contributed by atoms with Crippen LogP contribution in [-0.4, -0.2) is 25.2 Å². The Morgan fingerprint density at radius 1 is 1.16 bits per heavy atom. The first-order chi connectivity index (χ1) is 15.6. The highest BCUT2D eigenvalue weighted by Crippen LogP contribution is 2.34. The Bertz CT molecular complexity index is 1440. The number of aromatic nitrogens is 4. The molecule has 0 aliphatic carbocycles. The van der Waals surface area contributed by atoms with Gasteiger partial charge in [-0.15, -0.1) is 0 Å². The number of amides is 1. The summed E-state index contributed by atoms with van der Waals surface area (Å²) in [6.07, 6.45) is 6.98. The lowest BCUT2D eigenvalue weighted by atomic mass is 10.1. The zero-order valence-electron chi connectivity index (χ0n) is 16.9. The fourth-order valence-electron chi connectivity index (χ4n) is 3.33. The number of carbonyl (C=O) groups is 1. The molecule has 7 nitrogen and oxygen atoms in total. The van der Waals surface area contributed by atoms with Gasteiger partial charge >= 0.3 is 0 Å². The number of halogens is 1. The molecule has 3 aromatic heterocycles. The van der Waals surface area contributed by atoms with E-state index >= 15 is 0 Å². The van der Waals surface area contributed by atoms with E-state index in [2.05, 4.69) is 30.0 Å². The standard InChI is InChI=1S/C23H17ClN6OS/c1-13-7-8-25-11-17(13)22(31)27-16-4-2-3-14(9-16)21-29-23(32-30-21)28-19-6-5-15-10-26-12-18(15)20(19)24/h2-12,26H,1H3,(H,27,31)(H,28,29,30). The predicted molar refractivity (Wildman–Crippen MR) is 129 cm³/mol. The van der Waals surface area contributed by atoms with E-state index in [4.69, 9.17) is 11.6 Å². The number of hydrogen-bond acceptors (Lipinski definition) is 6. The molecule has 1 amide bonds. The van der Waals surface area contributed by atoms with E-state index < -0.39 is 0 Å². The van der Waals surface area contributed by atoms with Gasteiger partial charge in [-0.2, -0.15) is 9.36 Å². The average molecular weight is 461 g/mol. The van der Waals surface area contributed by atoms with E-state index in [0.717, 1.165) is 27.6 Å². The average Bonchev–Trinajstić information content (AvgIpc) is 3.46. The van der Waals surface area contributed by atoms with Gasteiger partial charge in [0.1, 0.15) is 0 Å². The summed E-state index contributed by atoms with van der Waals surface area (Å²) in [4.78, 5) is 24.3. The number of carbonyl (C=O) groups excluding carboxylic acids is 1. The second kappa shape index (κ2) is 8.41. The summed E-state index contributed by atoms with van der Waals surface area (Å²) in [5.41, 5.74) is 3.60. The maximum atomic E-state index is 12.6. The highest BCUT2D eigenvalue weighted by atomic mass is 35.5. The van der Waals surface area contributed by atoms with Crippen molar-refractivity contribution in [2.45, 2.75) is 6.92 Å². The molecular formula is C23H17ClN6OS. The zero-order valence-corrected chi connectivity index (χ0v) is 18.5. The third-order valence-corrected chi connectivity index (χ3v) is 6.05. The van der Waals surface area contributed by atoms with Crippen molar-refractivity contribution in [2.24, 2.45) is 0 Å². The van der Waals surface area contributed by atoms with Gasteiger partial charge in [-0.25, -0.2) is 0 Å². The normalized spacial score (nSPS) is 10.9. The van der Waals surface area contributed by atoms with Crippen LogP contribution in [0.4, 0.5) is 16.5 Å². The summed E-state index contributed by atoms with van der Waals surface area (Å²) >= 11 is 7.76. The Hall–Kier alpha value is -3.75. The first kappa shape index (κ1) is 20.2. The molecule has 3 N–H and O–H groups in total. The van der Waals surface area contributed by atoms with Crippen molar-refractivity contribution in [3.63, 3.8) is 0 Å². The Labute approximate surface area is 192 Å². The lowest BCUT2D eigenvalue weighted by molar-refractivity contribution is 0.102. The van der Waals surface area contributed by atoms with E-state index in [1.165, 1.54) is 11.5 Å². The smallest absolute Gasteiger partial charge is 0.257 e. The fourth-order valence-corrected chi connectivity index (χ4v) is 4.21. The number of nitrogens with zero attached hydrogens (tertiary/aromatic N) is 3. The van der Waals surface area contributed by atoms with E-state index in [1.807, 2.05) is 55.7 Å². The topological polar surface area (TPSA) is 95.6 Å². The maximum Gasteiger partial charge on any atom is 0.257 e. The second-order valence-corrected chi connectivity index (χ2v) is 8.29. The fraction of sp³-hybridized carbons (Fsp3) is 0.0435. The van der Waals surface area contributed by atoms with E-state index in [1.54, 1.807) is 18.5 Å². The van der Waals surface area contributed by atoms with Crippen LogP contribution in [0.5, 0.6) is 0 Å². The van der Waals surface area contributed by atoms with Gasteiger partial charge in [0.05, 0.1) is 16.3 Å². The molecule has 0 aliphatic rings. The maximum absolute atomic E-state index is 12.6. The summed E-state index contributed by atoms with van der Waals surface area (Å²) in [7, 11) is 0.